The van der Waals surface area contributed by atoms with Crippen molar-refractivity contribution in [2.45, 2.75) is 44.5 Å². The van der Waals surface area contributed by atoms with Crippen molar-refractivity contribution < 1.29 is 14.3 Å². The van der Waals surface area contributed by atoms with Gasteiger partial charge in [-0.3, -0.25) is 0 Å². The Morgan fingerprint density at radius 2 is 1.91 bits per heavy atom. The minimum absolute atomic E-state index is 0.403. The predicted octanol–water partition coefficient (Wildman–Crippen LogP) is 5.86. The van der Waals surface area contributed by atoms with Crippen LogP contribution in [-0.4, -0.2) is 33.6 Å². The van der Waals surface area contributed by atoms with Gasteiger partial charge >= 0.3 is 5.97 Å². The second kappa shape index (κ2) is 11.0. The number of methoxy groups -OCH3 is 1. The number of hydrogen-bond donors (Lipinski definition) is 1. The molecule has 0 aliphatic carbocycles. The van der Waals surface area contributed by atoms with Crippen LogP contribution in [0.15, 0.2) is 65.0 Å². The van der Waals surface area contributed by atoms with E-state index in [-0.39, 0.29) is 0 Å². The zero-order valence-corrected chi connectivity index (χ0v) is 20.9. The lowest BCUT2D eigenvalue weighted by Crippen LogP contribution is -2.29. The molecule has 34 heavy (non-hydrogen) atoms. The number of esters is 1. The lowest BCUT2D eigenvalue weighted by molar-refractivity contribution is -0.136. The van der Waals surface area contributed by atoms with Crippen LogP contribution in [0.4, 0.5) is 5.95 Å². The number of unbranched alkanes of at least 4 members (excludes halogenated alkanes) is 1. The van der Waals surface area contributed by atoms with Gasteiger partial charge in [0, 0.05) is 16.5 Å². The summed E-state index contributed by atoms with van der Waals surface area (Å²) < 4.78 is 12.8. The molecule has 0 saturated heterocycles. The number of carbonyl (C=O) groups is 1. The average Bonchev–Trinajstić information content (AvgIpc) is 3.25. The van der Waals surface area contributed by atoms with Crippen LogP contribution in [0.25, 0.3) is 0 Å². The first-order valence-corrected chi connectivity index (χ1v) is 12.5. The SMILES string of the molecule is CCCCSc1nc2n(n1)C(c1ccc(OCc3ccc(Cl)cc3)cc1)C(C(=O)OC)=C(C)N2. The molecule has 0 bridgehead atoms. The van der Waals surface area contributed by atoms with Crippen LogP contribution >= 0.6 is 23.4 Å². The fourth-order valence-electron chi connectivity index (χ4n) is 3.68. The molecule has 1 aliphatic rings. The molecule has 2 heterocycles. The second-order valence-electron chi connectivity index (χ2n) is 7.91. The van der Waals surface area contributed by atoms with Crippen molar-refractivity contribution in [1.82, 2.24) is 14.8 Å². The number of halogens is 1. The fourth-order valence-corrected chi connectivity index (χ4v) is 4.71. The number of aromatic nitrogens is 3. The Labute approximate surface area is 208 Å². The normalized spacial score (nSPS) is 15.0. The zero-order chi connectivity index (χ0) is 24.1. The largest absolute Gasteiger partial charge is 0.489 e. The van der Waals surface area contributed by atoms with Crippen LogP contribution in [0.2, 0.25) is 5.02 Å². The number of fused-ring (bicyclic) bond motifs is 1. The summed E-state index contributed by atoms with van der Waals surface area (Å²) in [6.07, 6.45) is 2.20. The Bertz CT molecular complexity index is 1180. The molecule has 7 nitrogen and oxygen atoms in total. The first-order valence-electron chi connectivity index (χ1n) is 11.1. The van der Waals surface area contributed by atoms with Gasteiger partial charge in [0.1, 0.15) is 18.4 Å². The Kier molecular flexibility index (Phi) is 7.80. The van der Waals surface area contributed by atoms with Gasteiger partial charge in [0.15, 0.2) is 0 Å². The maximum atomic E-state index is 12.7. The van der Waals surface area contributed by atoms with Crippen molar-refractivity contribution in [3.63, 3.8) is 0 Å². The second-order valence-corrected chi connectivity index (χ2v) is 9.41. The molecule has 0 radical (unpaired) electrons. The summed E-state index contributed by atoms with van der Waals surface area (Å²) >= 11 is 7.56. The van der Waals surface area contributed by atoms with Crippen molar-refractivity contribution in [3.8, 4) is 5.75 Å². The van der Waals surface area contributed by atoms with Crippen molar-refractivity contribution in [3.05, 3.63) is 76.0 Å². The van der Waals surface area contributed by atoms with Crippen molar-refractivity contribution in [1.29, 1.82) is 0 Å². The summed E-state index contributed by atoms with van der Waals surface area (Å²) in [6.45, 7) is 4.44. The summed E-state index contributed by atoms with van der Waals surface area (Å²) in [5.74, 6) is 1.87. The van der Waals surface area contributed by atoms with Crippen LogP contribution in [0, 0.1) is 0 Å². The van der Waals surface area contributed by atoms with Gasteiger partial charge in [-0.25, -0.2) is 9.48 Å². The molecule has 1 aromatic heterocycles. The van der Waals surface area contributed by atoms with Gasteiger partial charge < -0.3 is 14.8 Å². The van der Waals surface area contributed by atoms with Crippen LogP contribution < -0.4 is 10.1 Å². The highest BCUT2D eigenvalue weighted by molar-refractivity contribution is 7.99. The minimum atomic E-state index is -0.456. The molecule has 1 aliphatic heterocycles. The molecular formula is C25H27ClN4O3S. The van der Waals surface area contributed by atoms with Gasteiger partial charge in [-0.1, -0.05) is 61.0 Å². The smallest absolute Gasteiger partial charge is 0.338 e. The molecule has 4 rings (SSSR count). The molecular weight excluding hydrogens is 472 g/mol. The predicted molar refractivity (Wildman–Crippen MR) is 134 cm³/mol. The number of allylic oxidation sites excluding steroid dienone is 1. The number of ether oxygens (including phenoxy) is 2. The van der Waals surface area contributed by atoms with E-state index in [1.54, 1.807) is 16.4 Å². The van der Waals surface area contributed by atoms with E-state index in [0.717, 1.165) is 35.5 Å². The first-order chi connectivity index (χ1) is 16.5. The number of carbonyl (C=O) groups excluding carboxylic acids is 1. The minimum Gasteiger partial charge on any atom is -0.489 e. The maximum Gasteiger partial charge on any atom is 0.338 e. The van der Waals surface area contributed by atoms with E-state index in [4.69, 9.17) is 26.2 Å². The van der Waals surface area contributed by atoms with E-state index in [1.165, 1.54) is 7.11 Å². The fraction of sp³-hybridized carbons (Fsp3) is 0.320. The van der Waals surface area contributed by atoms with E-state index in [0.29, 0.717) is 34.0 Å². The zero-order valence-electron chi connectivity index (χ0n) is 19.4. The van der Waals surface area contributed by atoms with Gasteiger partial charge in [0.05, 0.1) is 12.7 Å². The van der Waals surface area contributed by atoms with Gasteiger partial charge in [-0.05, 0) is 48.7 Å². The Morgan fingerprint density at radius 3 is 2.59 bits per heavy atom. The van der Waals surface area contributed by atoms with Crippen molar-refractivity contribution in [2.75, 3.05) is 18.2 Å². The third-order valence-corrected chi connectivity index (χ3v) is 6.66. The molecule has 9 heteroatoms. The van der Waals surface area contributed by atoms with Gasteiger partial charge in [-0.2, -0.15) is 4.98 Å². The van der Waals surface area contributed by atoms with E-state index < -0.39 is 12.0 Å². The molecule has 1 unspecified atom stereocenters. The third kappa shape index (κ3) is 5.39. The van der Waals surface area contributed by atoms with Crippen molar-refractivity contribution >= 4 is 35.3 Å². The van der Waals surface area contributed by atoms with E-state index in [2.05, 4.69) is 17.2 Å². The monoisotopic (exact) mass is 498 g/mol. The third-order valence-electron chi connectivity index (χ3n) is 5.48. The lowest BCUT2D eigenvalue weighted by atomic mass is 9.96. The molecule has 0 saturated carbocycles. The van der Waals surface area contributed by atoms with Crippen LogP contribution in [-0.2, 0) is 16.1 Å². The number of hydrogen-bond acceptors (Lipinski definition) is 7. The topological polar surface area (TPSA) is 78.3 Å². The van der Waals surface area contributed by atoms with E-state index in [9.17, 15) is 4.79 Å². The van der Waals surface area contributed by atoms with Gasteiger partial charge in [0.2, 0.25) is 11.1 Å². The van der Waals surface area contributed by atoms with Crippen LogP contribution in [0.3, 0.4) is 0 Å². The number of rotatable bonds is 9. The summed E-state index contributed by atoms with van der Waals surface area (Å²) in [4.78, 5) is 17.4. The molecule has 0 spiro atoms. The Balaban J connectivity index is 1.59. The standard InChI is InChI=1S/C25H27ClN4O3S/c1-4-5-14-34-25-28-24-27-16(2)21(23(31)32-3)22(30(24)29-25)18-8-12-20(13-9-18)33-15-17-6-10-19(26)11-7-17/h6-13,22H,4-5,14-15H2,1-3H3,(H,27,28,29). The molecule has 3 aromatic rings. The van der Waals surface area contributed by atoms with Crippen LogP contribution in [0.1, 0.15) is 43.9 Å². The Hall–Kier alpha value is -2.97. The summed E-state index contributed by atoms with van der Waals surface area (Å²) in [5, 5.41) is 9.30. The average molecular weight is 499 g/mol. The number of nitrogens with one attached hydrogen (secondary N) is 1. The number of thioether (sulfide) groups is 1. The molecule has 1 N–H and O–H groups in total. The lowest BCUT2D eigenvalue weighted by Gasteiger charge is -2.27. The van der Waals surface area contributed by atoms with Crippen LogP contribution in [0.5, 0.6) is 5.75 Å². The first kappa shape index (κ1) is 24.2. The summed E-state index contributed by atoms with van der Waals surface area (Å²) in [5.41, 5.74) is 3.11. The highest BCUT2D eigenvalue weighted by Gasteiger charge is 2.35. The van der Waals surface area contributed by atoms with E-state index >= 15 is 0 Å². The maximum absolute atomic E-state index is 12.7. The number of benzene rings is 2. The molecule has 0 amide bonds. The van der Waals surface area contributed by atoms with Gasteiger partial charge in [0.25, 0.3) is 0 Å². The van der Waals surface area contributed by atoms with Crippen molar-refractivity contribution in [2.24, 2.45) is 0 Å². The summed E-state index contributed by atoms with van der Waals surface area (Å²) in [7, 11) is 1.39. The van der Waals surface area contributed by atoms with Gasteiger partial charge in [-0.15, -0.1) is 5.10 Å². The number of anilines is 1. The number of nitrogens with zero attached hydrogens (tertiary/aromatic N) is 3. The van der Waals surface area contributed by atoms with E-state index in [1.807, 2.05) is 55.5 Å². The molecule has 178 valence electrons. The summed E-state index contributed by atoms with van der Waals surface area (Å²) in [6, 6.07) is 14.8. The highest BCUT2D eigenvalue weighted by atomic mass is 35.5. The highest BCUT2D eigenvalue weighted by Crippen LogP contribution is 2.37. The quantitative estimate of drug-likeness (QED) is 0.225. The molecule has 1 atom stereocenters. The molecule has 0 fully saturated rings. The Morgan fingerprint density at radius 1 is 1.18 bits per heavy atom. The molecule has 2 aromatic carbocycles.